The number of rotatable bonds is 3. The minimum absolute atomic E-state index is 0.306. The van der Waals surface area contributed by atoms with Crippen molar-refractivity contribution in [3.63, 3.8) is 0 Å². The third kappa shape index (κ3) is 2.84. The molecule has 0 bridgehead atoms. The molecule has 1 unspecified atom stereocenters. The van der Waals surface area contributed by atoms with Gasteiger partial charge >= 0.3 is 5.97 Å². The number of carboxylic acid groups (broad SMARTS) is 1. The van der Waals surface area contributed by atoms with Gasteiger partial charge in [0.05, 0.1) is 11.1 Å². The molecule has 1 fully saturated rings. The molecular formula is C17H20N2O2. The van der Waals surface area contributed by atoms with Gasteiger partial charge in [-0.2, -0.15) is 0 Å². The second-order valence-corrected chi connectivity index (χ2v) is 6.63. The molecule has 110 valence electrons. The van der Waals surface area contributed by atoms with Crippen molar-refractivity contribution in [2.45, 2.75) is 39.2 Å². The van der Waals surface area contributed by atoms with E-state index in [2.05, 4.69) is 24.1 Å². The van der Waals surface area contributed by atoms with Crippen molar-refractivity contribution >= 4 is 22.7 Å². The van der Waals surface area contributed by atoms with Crippen molar-refractivity contribution in [1.29, 1.82) is 0 Å². The molecule has 0 aliphatic heterocycles. The van der Waals surface area contributed by atoms with Gasteiger partial charge in [0.15, 0.2) is 0 Å². The Morgan fingerprint density at radius 2 is 2.14 bits per heavy atom. The van der Waals surface area contributed by atoms with E-state index in [0.29, 0.717) is 28.2 Å². The van der Waals surface area contributed by atoms with E-state index in [0.717, 1.165) is 18.4 Å². The fraction of sp³-hybridized carbons (Fsp3) is 0.412. The number of pyridine rings is 1. The van der Waals surface area contributed by atoms with E-state index in [-0.39, 0.29) is 0 Å². The van der Waals surface area contributed by atoms with Gasteiger partial charge in [-0.1, -0.05) is 32.0 Å². The molecule has 1 heterocycles. The van der Waals surface area contributed by atoms with Crippen molar-refractivity contribution in [2.24, 2.45) is 5.41 Å². The summed E-state index contributed by atoms with van der Waals surface area (Å²) in [5.41, 5.74) is 1.38. The Balaban J connectivity index is 1.94. The van der Waals surface area contributed by atoms with Crippen LogP contribution in [-0.4, -0.2) is 22.1 Å². The summed E-state index contributed by atoms with van der Waals surface area (Å²) in [6.45, 7) is 4.54. The highest BCUT2D eigenvalue weighted by Crippen LogP contribution is 2.38. The van der Waals surface area contributed by atoms with E-state index in [9.17, 15) is 9.90 Å². The molecule has 1 saturated carbocycles. The number of carboxylic acids is 1. The highest BCUT2D eigenvalue weighted by atomic mass is 16.4. The predicted molar refractivity (Wildman–Crippen MR) is 83.7 cm³/mol. The van der Waals surface area contributed by atoms with E-state index < -0.39 is 5.97 Å². The summed E-state index contributed by atoms with van der Waals surface area (Å²) < 4.78 is 0. The maximum atomic E-state index is 11.5. The first-order valence-electron chi connectivity index (χ1n) is 7.34. The Kier molecular flexibility index (Phi) is 3.32. The van der Waals surface area contributed by atoms with Crippen molar-refractivity contribution < 1.29 is 9.90 Å². The first-order valence-corrected chi connectivity index (χ1v) is 7.34. The highest BCUT2D eigenvalue weighted by molar-refractivity contribution is 6.03. The van der Waals surface area contributed by atoms with Gasteiger partial charge in [0.2, 0.25) is 0 Å². The van der Waals surface area contributed by atoms with Crippen molar-refractivity contribution in [3.05, 3.63) is 35.9 Å². The number of nitrogens with one attached hydrogen (secondary N) is 1. The van der Waals surface area contributed by atoms with Gasteiger partial charge in [-0.3, -0.25) is 0 Å². The molecule has 1 atom stereocenters. The molecule has 2 aromatic rings. The van der Waals surface area contributed by atoms with Gasteiger partial charge in [-0.05, 0) is 36.8 Å². The molecule has 0 radical (unpaired) electrons. The van der Waals surface area contributed by atoms with Gasteiger partial charge in [-0.15, -0.1) is 0 Å². The zero-order valence-electron chi connectivity index (χ0n) is 12.4. The summed E-state index contributed by atoms with van der Waals surface area (Å²) in [5, 5.41) is 13.5. The topological polar surface area (TPSA) is 62.2 Å². The molecule has 4 heteroatoms. The number of aromatic carboxylic acids is 1. The molecule has 4 nitrogen and oxygen atoms in total. The van der Waals surface area contributed by atoms with Crippen molar-refractivity contribution in [2.75, 3.05) is 5.32 Å². The van der Waals surface area contributed by atoms with Crippen LogP contribution in [0.3, 0.4) is 0 Å². The molecule has 0 saturated heterocycles. The molecule has 0 amide bonds. The van der Waals surface area contributed by atoms with Crippen LogP contribution in [0.5, 0.6) is 0 Å². The number of carbonyl (C=O) groups is 1. The third-order valence-corrected chi connectivity index (χ3v) is 4.27. The molecule has 1 aliphatic rings. The Bertz CT molecular complexity index is 694. The largest absolute Gasteiger partial charge is 0.478 e. The normalized spacial score (nSPS) is 20.6. The number of hydrogen-bond acceptors (Lipinski definition) is 3. The number of aromatic nitrogens is 1. The van der Waals surface area contributed by atoms with E-state index >= 15 is 0 Å². The second-order valence-electron chi connectivity index (χ2n) is 6.63. The monoisotopic (exact) mass is 284 g/mol. The smallest absolute Gasteiger partial charge is 0.336 e. The summed E-state index contributed by atoms with van der Waals surface area (Å²) in [6, 6.07) is 9.39. The van der Waals surface area contributed by atoms with Crippen LogP contribution >= 0.6 is 0 Å². The average molecular weight is 284 g/mol. The van der Waals surface area contributed by atoms with E-state index in [1.54, 1.807) is 12.1 Å². The van der Waals surface area contributed by atoms with Crippen LogP contribution in [0.2, 0.25) is 0 Å². The third-order valence-electron chi connectivity index (χ3n) is 4.27. The Morgan fingerprint density at radius 3 is 2.81 bits per heavy atom. The van der Waals surface area contributed by atoms with Gasteiger partial charge < -0.3 is 10.4 Å². The van der Waals surface area contributed by atoms with Crippen LogP contribution in [0.15, 0.2) is 30.3 Å². The lowest BCUT2D eigenvalue weighted by Crippen LogP contribution is -2.18. The number of hydrogen-bond donors (Lipinski definition) is 2. The number of nitrogens with zero attached hydrogens (tertiary/aromatic N) is 1. The Labute approximate surface area is 124 Å². The summed E-state index contributed by atoms with van der Waals surface area (Å²) in [6.07, 6.45) is 3.37. The molecule has 21 heavy (non-hydrogen) atoms. The van der Waals surface area contributed by atoms with Crippen LogP contribution in [0.4, 0.5) is 5.82 Å². The van der Waals surface area contributed by atoms with E-state index in [1.807, 2.05) is 18.2 Å². The predicted octanol–water partition coefficient (Wildman–Crippen LogP) is 3.92. The van der Waals surface area contributed by atoms with Crippen molar-refractivity contribution in [1.82, 2.24) is 4.98 Å². The molecule has 1 aromatic heterocycles. The highest BCUT2D eigenvalue weighted by Gasteiger charge is 2.31. The number of para-hydroxylation sites is 1. The van der Waals surface area contributed by atoms with E-state index in [4.69, 9.17) is 0 Å². The van der Waals surface area contributed by atoms with Crippen LogP contribution in [0.25, 0.3) is 10.9 Å². The zero-order chi connectivity index (χ0) is 15.0. The van der Waals surface area contributed by atoms with E-state index in [1.165, 1.54) is 6.42 Å². The van der Waals surface area contributed by atoms with Gasteiger partial charge in [0.25, 0.3) is 0 Å². The maximum Gasteiger partial charge on any atom is 0.336 e. The lowest BCUT2D eigenvalue weighted by Gasteiger charge is -2.18. The standard InChI is InChI=1S/C17H20N2O2/c1-17(2)8-7-11(10-17)18-15-9-13(16(20)21)12-5-3-4-6-14(12)19-15/h3-6,9,11H,7-8,10H2,1-2H3,(H,18,19)(H,20,21). The lowest BCUT2D eigenvalue weighted by molar-refractivity contribution is 0.0699. The van der Waals surface area contributed by atoms with Crippen LogP contribution in [0.1, 0.15) is 43.5 Å². The molecular weight excluding hydrogens is 264 g/mol. The quantitative estimate of drug-likeness (QED) is 0.896. The molecule has 0 spiro atoms. The maximum absolute atomic E-state index is 11.5. The molecule has 3 rings (SSSR count). The number of benzene rings is 1. The summed E-state index contributed by atoms with van der Waals surface area (Å²) in [4.78, 5) is 16.0. The lowest BCUT2D eigenvalue weighted by atomic mass is 9.92. The average Bonchev–Trinajstić information content (AvgIpc) is 2.77. The number of fused-ring (bicyclic) bond motifs is 1. The zero-order valence-corrected chi connectivity index (χ0v) is 12.4. The van der Waals surface area contributed by atoms with Crippen LogP contribution in [-0.2, 0) is 0 Å². The Morgan fingerprint density at radius 1 is 1.38 bits per heavy atom. The second kappa shape index (κ2) is 5.02. The van der Waals surface area contributed by atoms with Gasteiger partial charge in [-0.25, -0.2) is 9.78 Å². The Hall–Kier alpha value is -2.10. The number of anilines is 1. The molecule has 1 aromatic carbocycles. The van der Waals surface area contributed by atoms with Crippen LogP contribution in [0, 0.1) is 5.41 Å². The molecule has 1 aliphatic carbocycles. The minimum Gasteiger partial charge on any atom is -0.478 e. The summed E-state index contributed by atoms with van der Waals surface area (Å²) in [5.74, 6) is -0.253. The minimum atomic E-state index is -0.914. The summed E-state index contributed by atoms with van der Waals surface area (Å²) in [7, 11) is 0. The summed E-state index contributed by atoms with van der Waals surface area (Å²) >= 11 is 0. The first kappa shape index (κ1) is 13.9. The van der Waals surface area contributed by atoms with Gasteiger partial charge in [0.1, 0.15) is 5.82 Å². The fourth-order valence-electron chi connectivity index (χ4n) is 3.19. The first-order chi connectivity index (χ1) is 9.94. The van der Waals surface area contributed by atoms with Gasteiger partial charge in [0, 0.05) is 11.4 Å². The SMILES string of the molecule is CC1(C)CCC(Nc2cc(C(=O)O)c3ccccc3n2)C1. The molecule has 2 N–H and O–H groups in total. The van der Waals surface area contributed by atoms with Crippen molar-refractivity contribution in [3.8, 4) is 0 Å². The fourth-order valence-corrected chi connectivity index (χ4v) is 3.19. The van der Waals surface area contributed by atoms with Crippen LogP contribution < -0.4 is 5.32 Å².